The SMILES string of the molecule is Cc1ccc(-c2nc(C)c(CNC3CC3)c(C)n2)cc1. The molecule has 0 saturated heterocycles. The van der Waals surface area contributed by atoms with E-state index in [1.807, 2.05) is 0 Å². The van der Waals surface area contributed by atoms with Crippen molar-refractivity contribution in [2.75, 3.05) is 0 Å². The lowest BCUT2D eigenvalue weighted by atomic mass is 10.1. The molecular formula is C17H21N3. The lowest BCUT2D eigenvalue weighted by Gasteiger charge is -2.11. The molecule has 0 aliphatic heterocycles. The zero-order valence-corrected chi connectivity index (χ0v) is 12.4. The van der Waals surface area contributed by atoms with E-state index in [-0.39, 0.29) is 0 Å². The van der Waals surface area contributed by atoms with Crippen molar-refractivity contribution in [2.45, 2.75) is 46.2 Å². The molecular weight excluding hydrogens is 246 g/mol. The molecule has 1 aromatic heterocycles. The van der Waals surface area contributed by atoms with E-state index in [0.717, 1.165) is 29.3 Å². The standard InChI is InChI=1S/C17H21N3/c1-11-4-6-14(7-5-11)17-19-12(2)16(13(3)20-17)10-18-15-8-9-15/h4-7,15,18H,8-10H2,1-3H3. The van der Waals surface area contributed by atoms with E-state index in [0.29, 0.717) is 6.04 Å². The normalized spacial score (nSPS) is 14.6. The minimum absolute atomic E-state index is 0.713. The maximum Gasteiger partial charge on any atom is 0.159 e. The molecule has 0 unspecified atom stereocenters. The molecule has 1 aromatic carbocycles. The Balaban J connectivity index is 1.87. The smallest absolute Gasteiger partial charge is 0.159 e. The van der Waals surface area contributed by atoms with Crippen LogP contribution in [0.4, 0.5) is 0 Å². The molecule has 0 bridgehead atoms. The van der Waals surface area contributed by atoms with E-state index < -0.39 is 0 Å². The highest BCUT2D eigenvalue weighted by atomic mass is 15.0. The molecule has 0 amide bonds. The summed E-state index contributed by atoms with van der Waals surface area (Å²) in [5.74, 6) is 0.829. The van der Waals surface area contributed by atoms with Crippen molar-refractivity contribution < 1.29 is 0 Å². The number of aryl methyl sites for hydroxylation is 3. The first-order valence-electron chi connectivity index (χ1n) is 7.28. The molecule has 3 nitrogen and oxygen atoms in total. The van der Waals surface area contributed by atoms with Crippen molar-refractivity contribution in [3.8, 4) is 11.4 Å². The van der Waals surface area contributed by atoms with E-state index in [2.05, 4.69) is 60.3 Å². The highest BCUT2D eigenvalue weighted by molar-refractivity contribution is 5.56. The Morgan fingerprint density at radius 1 is 1.00 bits per heavy atom. The van der Waals surface area contributed by atoms with Crippen LogP contribution in [0.1, 0.15) is 35.4 Å². The third kappa shape index (κ3) is 2.88. The van der Waals surface area contributed by atoms with Crippen LogP contribution in [0.5, 0.6) is 0 Å². The first-order chi connectivity index (χ1) is 9.63. The van der Waals surface area contributed by atoms with Crippen molar-refractivity contribution in [1.82, 2.24) is 15.3 Å². The molecule has 1 heterocycles. The lowest BCUT2D eigenvalue weighted by molar-refractivity contribution is 0.675. The van der Waals surface area contributed by atoms with E-state index in [9.17, 15) is 0 Å². The lowest BCUT2D eigenvalue weighted by Crippen LogP contribution is -2.18. The van der Waals surface area contributed by atoms with Gasteiger partial charge in [-0.1, -0.05) is 29.8 Å². The van der Waals surface area contributed by atoms with Gasteiger partial charge in [-0.15, -0.1) is 0 Å². The van der Waals surface area contributed by atoms with Crippen LogP contribution in [0.3, 0.4) is 0 Å². The second-order valence-electron chi connectivity index (χ2n) is 5.72. The maximum atomic E-state index is 4.68. The number of rotatable bonds is 4. The number of nitrogens with one attached hydrogen (secondary N) is 1. The number of aromatic nitrogens is 2. The first kappa shape index (κ1) is 13.3. The van der Waals surface area contributed by atoms with Gasteiger partial charge in [0.05, 0.1) is 0 Å². The van der Waals surface area contributed by atoms with Gasteiger partial charge in [-0.25, -0.2) is 9.97 Å². The average molecular weight is 267 g/mol. The fourth-order valence-corrected chi connectivity index (χ4v) is 2.36. The van der Waals surface area contributed by atoms with E-state index >= 15 is 0 Å². The average Bonchev–Trinajstić information content (AvgIpc) is 3.22. The summed E-state index contributed by atoms with van der Waals surface area (Å²) in [4.78, 5) is 9.36. The van der Waals surface area contributed by atoms with Gasteiger partial charge in [0.15, 0.2) is 5.82 Å². The monoisotopic (exact) mass is 267 g/mol. The van der Waals surface area contributed by atoms with Gasteiger partial charge in [0.2, 0.25) is 0 Å². The predicted octanol–water partition coefficient (Wildman–Crippen LogP) is 3.32. The van der Waals surface area contributed by atoms with Gasteiger partial charge in [-0.05, 0) is 33.6 Å². The van der Waals surface area contributed by atoms with E-state index in [4.69, 9.17) is 0 Å². The predicted molar refractivity (Wildman–Crippen MR) is 81.5 cm³/mol. The third-order valence-corrected chi connectivity index (χ3v) is 3.88. The Morgan fingerprint density at radius 2 is 1.60 bits per heavy atom. The van der Waals surface area contributed by atoms with Gasteiger partial charge in [-0.3, -0.25) is 0 Å². The van der Waals surface area contributed by atoms with E-state index in [1.54, 1.807) is 0 Å². The Bertz CT molecular complexity index is 590. The molecule has 104 valence electrons. The summed E-state index contributed by atoms with van der Waals surface area (Å²) in [5, 5.41) is 3.54. The second kappa shape index (κ2) is 5.33. The van der Waals surface area contributed by atoms with Gasteiger partial charge in [0, 0.05) is 35.1 Å². The molecule has 2 aromatic rings. The van der Waals surface area contributed by atoms with Gasteiger partial charge in [-0.2, -0.15) is 0 Å². The zero-order valence-electron chi connectivity index (χ0n) is 12.4. The highest BCUT2D eigenvalue weighted by Gasteiger charge is 2.21. The van der Waals surface area contributed by atoms with Crippen LogP contribution in [0.15, 0.2) is 24.3 Å². The minimum Gasteiger partial charge on any atom is -0.310 e. The van der Waals surface area contributed by atoms with Crippen LogP contribution in [-0.2, 0) is 6.54 Å². The number of hydrogen-bond acceptors (Lipinski definition) is 3. The zero-order chi connectivity index (χ0) is 14.1. The number of hydrogen-bond donors (Lipinski definition) is 1. The van der Waals surface area contributed by atoms with Crippen molar-refractivity contribution in [3.05, 3.63) is 46.8 Å². The molecule has 1 saturated carbocycles. The maximum absolute atomic E-state index is 4.68. The fourth-order valence-electron chi connectivity index (χ4n) is 2.36. The third-order valence-electron chi connectivity index (χ3n) is 3.88. The van der Waals surface area contributed by atoms with Crippen LogP contribution in [0, 0.1) is 20.8 Å². The molecule has 0 atom stereocenters. The number of benzene rings is 1. The largest absolute Gasteiger partial charge is 0.310 e. The summed E-state index contributed by atoms with van der Waals surface area (Å²) in [7, 11) is 0. The molecule has 1 aliphatic carbocycles. The summed E-state index contributed by atoms with van der Waals surface area (Å²) in [6, 6.07) is 9.10. The van der Waals surface area contributed by atoms with Crippen molar-refractivity contribution in [2.24, 2.45) is 0 Å². The fraction of sp³-hybridized carbons (Fsp3) is 0.412. The van der Waals surface area contributed by atoms with Crippen LogP contribution in [-0.4, -0.2) is 16.0 Å². The first-order valence-corrected chi connectivity index (χ1v) is 7.28. The molecule has 3 rings (SSSR count). The molecule has 1 aliphatic rings. The summed E-state index contributed by atoms with van der Waals surface area (Å²) in [6.45, 7) is 7.14. The molecule has 20 heavy (non-hydrogen) atoms. The van der Waals surface area contributed by atoms with Crippen molar-refractivity contribution >= 4 is 0 Å². The van der Waals surface area contributed by atoms with Gasteiger partial charge in [0.1, 0.15) is 0 Å². The molecule has 3 heteroatoms. The Kier molecular flexibility index (Phi) is 3.53. The minimum atomic E-state index is 0.713. The molecule has 1 N–H and O–H groups in total. The topological polar surface area (TPSA) is 37.8 Å². The Hall–Kier alpha value is -1.74. The molecule has 0 radical (unpaired) electrons. The summed E-state index contributed by atoms with van der Waals surface area (Å²) in [6.07, 6.45) is 2.61. The van der Waals surface area contributed by atoms with Gasteiger partial charge >= 0.3 is 0 Å². The number of nitrogens with zero attached hydrogens (tertiary/aromatic N) is 2. The Morgan fingerprint density at radius 3 is 2.15 bits per heavy atom. The van der Waals surface area contributed by atoms with Gasteiger partial charge < -0.3 is 5.32 Å². The summed E-state index contributed by atoms with van der Waals surface area (Å²) in [5.41, 5.74) is 5.76. The van der Waals surface area contributed by atoms with Gasteiger partial charge in [0.25, 0.3) is 0 Å². The summed E-state index contributed by atoms with van der Waals surface area (Å²) < 4.78 is 0. The van der Waals surface area contributed by atoms with Crippen molar-refractivity contribution in [1.29, 1.82) is 0 Å². The van der Waals surface area contributed by atoms with Crippen LogP contribution >= 0.6 is 0 Å². The molecule has 0 spiro atoms. The Labute approximate surface area is 120 Å². The van der Waals surface area contributed by atoms with Crippen molar-refractivity contribution in [3.63, 3.8) is 0 Å². The van der Waals surface area contributed by atoms with Crippen LogP contribution in [0.2, 0.25) is 0 Å². The molecule has 1 fully saturated rings. The highest BCUT2D eigenvalue weighted by Crippen LogP contribution is 2.22. The van der Waals surface area contributed by atoms with E-state index in [1.165, 1.54) is 24.0 Å². The van der Waals surface area contributed by atoms with Crippen LogP contribution in [0.25, 0.3) is 11.4 Å². The quantitative estimate of drug-likeness (QED) is 0.923. The summed E-state index contributed by atoms with van der Waals surface area (Å²) >= 11 is 0. The second-order valence-corrected chi connectivity index (χ2v) is 5.72. The van der Waals surface area contributed by atoms with Crippen LogP contribution < -0.4 is 5.32 Å².